The minimum Gasteiger partial charge on any atom is -0.481 e. The monoisotopic (exact) mass is 283 g/mol. The van der Waals surface area contributed by atoms with E-state index in [9.17, 15) is 9.90 Å². The molecule has 0 spiro atoms. The molecule has 0 saturated heterocycles. The number of hydrogen-bond donors (Lipinski definition) is 2. The van der Waals surface area contributed by atoms with Gasteiger partial charge in [-0.2, -0.15) is 0 Å². The van der Waals surface area contributed by atoms with Crippen molar-refractivity contribution in [2.75, 3.05) is 6.54 Å². The predicted molar refractivity (Wildman–Crippen MR) is 84.4 cm³/mol. The maximum atomic E-state index is 11.9. The first-order chi connectivity index (χ1) is 9.98. The van der Waals surface area contributed by atoms with E-state index in [0.29, 0.717) is 6.42 Å². The molecule has 2 rings (SSSR count). The number of carbonyl (C=O) groups is 1. The zero-order chi connectivity index (χ0) is 15.5. The summed E-state index contributed by atoms with van der Waals surface area (Å²) in [5, 5.41) is 9.80. The summed E-state index contributed by atoms with van der Waals surface area (Å²) in [6, 6.07) is 15.4. The number of aliphatic carboxylic acids is 1. The van der Waals surface area contributed by atoms with Gasteiger partial charge in [0.15, 0.2) is 0 Å². The molecule has 0 heterocycles. The Balaban J connectivity index is 2.49. The van der Waals surface area contributed by atoms with E-state index >= 15 is 0 Å². The molecular formula is C18H21NO2. The van der Waals surface area contributed by atoms with E-state index in [4.69, 9.17) is 5.73 Å². The summed E-state index contributed by atoms with van der Waals surface area (Å²) in [5.41, 5.74) is 8.82. The largest absolute Gasteiger partial charge is 0.481 e. The molecule has 21 heavy (non-hydrogen) atoms. The summed E-state index contributed by atoms with van der Waals surface area (Å²) >= 11 is 0. The van der Waals surface area contributed by atoms with Gasteiger partial charge in [-0.25, -0.2) is 0 Å². The highest BCUT2D eigenvalue weighted by Crippen LogP contribution is 2.29. The third kappa shape index (κ3) is 3.14. The van der Waals surface area contributed by atoms with Crippen molar-refractivity contribution in [3.05, 3.63) is 70.8 Å². The average molecular weight is 283 g/mol. The number of carboxylic acid groups (broad SMARTS) is 1. The Labute approximate surface area is 125 Å². The Bertz CT molecular complexity index is 617. The fraction of sp³-hybridized carbons (Fsp3) is 0.278. The van der Waals surface area contributed by atoms with E-state index in [-0.39, 0.29) is 6.54 Å². The lowest BCUT2D eigenvalue weighted by atomic mass is 9.75. The standard InChI is InChI=1S/C18H21NO2/c1-13-8-14(2)10-15(9-13)11-18(12-19,17(20)21)16-6-4-3-5-7-16/h3-10H,11-12,19H2,1-2H3,(H,20,21). The van der Waals surface area contributed by atoms with Crippen LogP contribution < -0.4 is 5.73 Å². The number of aryl methyl sites for hydroxylation is 2. The van der Waals surface area contributed by atoms with Crippen LogP contribution in [0.3, 0.4) is 0 Å². The topological polar surface area (TPSA) is 63.3 Å². The normalized spacial score (nSPS) is 13.7. The number of benzene rings is 2. The minimum atomic E-state index is -1.08. The fourth-order valence-corrected chi connectivity index (χ4v) is 2.86. The van der Waals surface area contributed by atoms with Crippen LogP contribution in [0.4, 0.5) is 0 Å². The number of nitrogens with two attached hydrogens (primary N) is 1. The van der Waals surface area contributed by atoms with Gasteiger partial charge >= 0.3 is 5.97 Å². The van der Waals surface area contributed by atoms with Crippen molar-refractivity contribution in [1.82, 2.24) is 0 Å². The van der Waals surface area contributed by atoms with Gasteiger partial charge < -0.3 is 10.8 Å². The zero-order valence-corrected chi connectivity index (χ0v) is 12.5. The van der Waals surface area contributed by atoms with Gasteiger partial charge in [-0.1, -0.05) is 59.7 Å². The van der Waals surface area contributed by atoms with Crippen LogP contribution in [-0.4, -0.2) is 17.6 Å². The maximum Gasteiger partial charge on any atom is 0.315 e. The van der Waals surface area contributed by atoms with Crippen LogP contribution in [0.25, 0.3) is 0 Å². The summed E-state index contributed by atoms with van der Waals surface area (Å²) in [7, 11) is 0. The predicted octanol–water partition coefficient (Wildman–Crippen LogP) is 2.83. The summed E-state index contributed by atoms with van der Waals surface area (Å²) in [4.78, 5) is 11.9. The second-order valence-corrected chi connectivity index (χ2v) is 5.63. The van der Waals surface area contributed by atoms with Gasteiger partial charge in [0, 0.05) is 6.54 Å². The number of rotatable bonds is 5. The lowest BCUT2D eigenvalue weighted by Gasteiger charge is -2.29. The van der Waals surface area contributed by atoms with Gasteiger partial charge in [0.1, 0.15) is 5.41 Å². The second kappa shape index (κ2) is 6.10. The number of carboxylic acids is 1. The fourth-order valence-electron chi connectivity index (χ4n) is 2.86. The van der Waals surface area contributed by atoms with E-state index in [2.05, 4.69) is 6.07 Å². The van der Waals surface area contributed by atoms with Gasteiger partial charge in [0.25, 0.3) is 0 Å². The molecule has 1 atom stereocenters. The van der Waals surface area contributed by atoms with E-state index < -0.39 is 11.4 Å². The second-order valence-electron chi connectivity index (χ2n) is 5.63. The molecular weight excluding hydrogens is 262 g/mol. The van der Waals surface area contributed by atoms with Crippen LogP contribution in [0.2, 0.25) is 0 Å². The van der Waals surface area contributed by atoms with Crippen LogP contribution in [0.1, 0.15) is 22.3 Å². The highest BCUT2D eigenvalue weighted by molar-refractivity contribution is 5.82. The Kier molecular flexibility index (Phi) is 4.43. The third-order valence-corrected chi connectivity index (χ3v) is 3.87. The molecule has 0 aromatic heterocycles. The zero-order valence-electron chi connectivity index (χ0n) is 12.5. The minimum absolute atomic E-state index is 0.0688. The molecule has 0 aliphatic heterocycles. The van der Waals surface area contributed by atoms with Gasteiger partial charge in [-0.15, -0.1) is 0 Å². The van der Waals surface area contributed by atoms with Crippen molar-refractivity contribution in [2.24, 2.45) is 5.73 Å². The SMILES string of the molecule is Cc1cc(C)cc(CC(CN)(C(=O)O)c2ccccc2)c1. The molecule has 0 aliphatic rings. The summed E-state index contributed by atoms with van der Waals surface area (Å²) in [6.45, 7) is 4.10. The van der Waals surface area contributed by atoms with Crippen molar-refractivity contribution in [3.63, 3.8) is 0 Å². The smallest absolute Gasteiger partial charge is 0.315 e. The van der Waals surface area contributed by atoms with Crippen LogP contribution in [0, 0.1) is 13.8 Å². The van der Waals surface area contributed by atoms with Crippen LogP contribution in [-0.2, 0) is 16.6 Å². The molecule has 3 N–H and O–H groups in total. The van der Waals surface area contributed by atoms with Crippen LogP contribution in [0.5, 0.6) is 0 Å². The lowest BCUT2D eigenvalue weighted by Crippen LogP contribution is -2.45. The van der Waals surface area contributed by atoms with E-state index in [1.807, 2.05) is 56.3 Å². The van der Waals surface area contributed by atoms with Crippen molar-refractivity contribution in [1.29, 1.82) is 0 Å². The highest BCUT2D eigenvalue weighted by Gasteiger charge is 2.39. The first-order valence-corrected chi connectivity index (χ1v) is 7.04. The molecule has 0 fully saturated rings. The third-order valence-electron chi connectivity index (χ3n) is 3.87. The average Bonchev–Trinajstić information content (AvgIpc) is 2.44. The van der Waals surface area contributed by atoms with Gasteiger partial charge in [-0.05, 0) is 31.4 Å². The molecule has 1 unspecified atom stereocenters. The molecule has 0 amide bonds. The van der Waals surface area contributed by atoms with Gasteiger partial charge in [0.05, 0.1) is 0 Å². The maximum absolute atomic E-state index is 11.9. The lowest BCUT2D eigenvalue weighted by molar-refractivity contribution is -0.143. The Morgan fingerprint density at radius 2 is 1.67 bits per heavy atom. The first-order valence-electron chi connectivity index (χ1n) is 7.04. The van der Waals surface area contributed by atoms with Crippen molar-refractivity contribution in [3.8, 4) is 0 Å². The highest BCUT2D eigenvalue weighted by atomic mass is 16.4. The summed E-state index contributed by atoms with van der Waals surface area (Å²) in [6.07, 6.45) is 0.394. The Morgan fingerprint density at radius 3 is 2.14 bits per heavy atom. The summed E-state index contributed by atoms with van der Waals surface area (Å²) < 4.78 is 0. The van der Waals surface area contributed by atoms with Gasteiger partial charge in [-0.3, -0.25) is 4.79 Å². The molecule has 0 bridgehead atoms. The van der Waals surface area contributed by atoms with Crippen molar-refractivity contribution >= 4 is 5.97 Å². The Morgan fingerprint density at radius 1 is 1.10 bits per heavy atom. The van der Waals surface area contributed by atoms with Gasteiger partial charge in [0.2, 0.25) is 0 Å². The van der Waals surface area contributed by atoms with Crippen LogP contribution >= 0.6 is 0 Å². The first kappa shape index (κ1) is 15.3. The van der Waals surface area contributed by atoms with E-state index in [1.54, 1.807) is 0 Å². The van der Waals surface area contributed by atoms with Crippen molar-refractivity contribution in [2.45, 2.75) is 25.7 Å². The molecule has 0 saturated carbocycles. The Hall–Kier alpha value is -2.13. The number of hydrogen-bond acceptors (Lipinski definition) is 2. The molecule has 2 aromatic rings. The molecule has 0 aliphatic carbocycles. The van der Waals surface area contributed by atoms with Crippen LogP contribution in [0.15, 0.2) is 48.5 Å². The van der Waals surface area contributed by atoms with Crippen molar-refractivity contribution < 1.29 is 9.90 Å². The molecule has 0 radical (unpaired) electrons. The molecule has 2 aromatic carbocycles. The quantitative estimate of drug-likeness (QED) is 0.887. The molecule has 3 heteroatoms. The van der Waals surface area contributed by atoms with E-state index in [1.165, 1.54) is 0 Å². The van der Waals surface area contributed by atoms with E-state index in [0.717, 1.165) is 22.3 Å². The summed E-state index contributed by atoms with van der Waals surface area (Å²) in [5.74, 6) is -0.879. The molecule has 110 valence electrons. The molecule has 3 nitrogen and oxygen atoms in total.